The Balaban J connectivity index is 2.14. The number of thiazole rings is 1. The van der Waals surface area contributed by atoms with Crippen LogP contribution in [0.1, 0.15) is 18.2 Å². The lowest BCUT2D eigenvalue weighted by Gasteiger charge is -2.12. The maximum atomic E-state index is 12.0. The van der Waals surface area contributed by atoms with Gasteiger partial charge in [0, 0.05) is 11.5 Å². The fourth-order valence-electron chi connectivity index (χ4n) is 2.04. The number of aromatic nitrogens is 1. The Hall–Kier alpha value is -2.54. The number of nitrogens with zero attached hydrogens (tertiary/aromatic N) is 1. The first-order valence-electron chi connectivity index (χ1n) is 7.34. The molecule has 2 aromatic rings. The topological polar surface area (TPSA) is 69.7 Å². The number of methoxy groups -OCH3 is 3. The predicted octanol–water partition coefficient (Wildman–Crippen LogP) is 3.38. The third-order valence-electron chi connectivity index (χ3n) is 3.26. The average Bonchev–Trinajstić information content (AvgIpc) is 3.06. The van der Waals surface area contributed by atoms with Crippen molar-refractivity contribution in [2.45, 2.75) is 13.3 Å². The Bertz CT molecular complexity index is 715. The van der Waals surface area contributed by atoms with Gasteiger partial charge in [-0.25, -0.2) is 4.98 Å². The van der Waals surface area contributed by atoms with E-state index in [0.717, 1.165) is 17.7 Å². The number of aryl methyl sites for hydroxylation is 1. The molecule has 1 N–H and O–H groups in total. The molecule has 0 spiro atoms. The Morgan fingerprint density at radius 3 is 2.38 bits per heavy atom. The molecule has 1 heterocycles. The largest absolute Gasteiger partial charge is 0.493 e. The summed E-state index contributed by atoms with van der Waals surface area (Å²) in [5, 5.41) is 5.26. The molecule has 1 aromatic carbocycles. The van der Waals surface area contributed by atoms with Gasteiger partial charge in [-0.1, -0.05) is 6.92 Å². The quantitative estimate of drug-likeness (QED) is 0.777. The molecule has 0 bridgehead atoms. The summed E-state index contributed by atoms with van der Waals surface area (Å²) in [4.78, 5) is 16.3. The van der Waals surface area contributed by atoms with Crippen LogP contribution in [0.25, 0.3) is 6.08 Å². The number of hydrogen-bond donors (Lipinski definition) is 1. The molecule has 0 aliphatic rings. The number of hydrogen-bond acceptors (Lipinski definition) is 6. The Labute approximate surface area is 145 Å². The van der Waals surface area contributed by atoms with E-state index in [2.05, 4.69) is 10.3 Å². The number of amides is 1. The summed E-state index contributed by atoms with van der Waals surface area (Å²) in [6.45, 7) is 2.02. The molecular weight excluding hydrogens is 328 g/mol. The monoisotopic (exact) mass is 348 g/mol. The zero-order valence-corrected chi connectivity index (χ0v) is 14.9. The zero-order chi connectivity index (χ0) is 17.5. The van der Waals surface area contributed by atoms with Gasteiger partial charge < -0.3 is 14.2 Å². The van der Waals surface area contributed by atoms with Crippen LogP contribution in [-0.4, -0.2) is 32.2 Å². The highest BCUT2D eigenvalue weighted by atomic mass is 32.1. The fraction of sp³-hybridized carbons (Fsp3) is 0.294. The van der Waals surface area contributed by atoms with E-state index in [0.29, 0.717) is 22.4 Å². The Morgan fingerprint density at radius 2 is 1.88 bits per heavy atom. The van der Waals surface area contributed by atoms with Crippen LogP contribution in [0.5, 0.6) is 17.2 Å². The lowest BCUT2D eigenvalue weighted by molar-refractivity contribution is -0.111. The third kappa shape index (κ3) is 4.26. The molecule has 6 nitrogen and oxygen atoms in total. The second-order valence-corrected chi connectivity index (χ2v) is 5.64. The van der Waals surface area contributed by atoms with E-state index in [4.69, 9.17) is 14.2 Å². The van der Waals surface area contributed by atoms with Gasteiger partial charge in [0.05, 0.1) is 27.0 Å². The number of benzene rings is 1. The highest BCUT2D eigenvalue weighted by Gasteiger charge is 2.12. The maximum absolute atomic E-state index is 12.0. The Morgan fingerprint density at radius 1 is 1.21 bits per heavy atom. The highest BCUT2D eigenvalue weighted by Crippen LogP contribution is 2.38. The van der Waals surface area contributed by atoms with Crippen LogP contribution in [0.3, 0.4) is 0 Å². The van der Waals surface area contributed by atoms with Gasteiger partial charge in [-0.2, -0.15) is 0 Å². The first-order chi connectivity index (χ1) is 11.6. The molecule has 1 aromatic heterocycles. The van der Waals surface area contributed by atoms with E-state index < -0.39 is 0 Å². The molecule has 0 aliphatic carbocycles. The number of anilines is 1. The molecule has 0 unspecified atom stereocenters. The second kappa shape index (κ2) is 8.35. The summed E-state index contributed by atoms with van der Waals surface area (Å²) < 4.78 is 15.8. The van der Waals surface area contributed by atoms with Gasteiger partial charge >= 0.3 is 0 Å². The summed E-state index contributed by atoms with van der Waals surface area (Å²) in [5.74, 6) is 1.33. The van der Waals surface area contributed by atoms with E-state index in [1.807, 2.05) is 12.3 Å². The average molecular weight is 348 g/mol. The van der Waals surface area contributed by atoms with E-state index in [-0.39, 0.29) is 5.91 Å². The molecule has 0 aliphatic heterocycles. The first kappa shape index (κ1) is 17.8. The lowest BCUT2D eigenvalue weighted by atomic mass is 10.1. The third-order valence-corrected chi connectivity index (χ3v) is 4.06. The fourth-order valence-corrected chi connectivity index (χ4v) is 2.84. The molecule has 0 fully saturated rings. The van der Waals surface area contributed by atoms with Crippen LogP contribution >= 0.6 is 11.3 Å². The molecule has 7 heteroatoms. The van der Waals surface area contributed by atoms with Gasteiger partial charge in [-0.3, -0.25) is 10.1 Å². The summed E-state index contributed by atoms with van der Waals surface area (Å²) in [7, 11) is 4.64. The molecule has 128 valence electrons. The van der Waals surface area contributed by atoms with Crippen molar-refractivity contribution in [1.29, 1.82) is 0 Å². The SMILES string of the molecule is CCc1csc(NC(=O)C=Cc2cc(OC)c(OC)c(OC)c2)n1. The van der Waals surface area contributed by atoms with Crippen molar-refractivity contribution < 1.29 is 19.0 Å². The van der Waals surface area contributed by atoms with Crippen molar-refractivity contribution in [2.24, 2.45) is 0 Å². The molecule has 2 rings (SSSR count). The summed E-state index contributed by atoms with van der Waals surface area (Å²) in [6.07, 6.45) is 3.95. The van der Waals surface area contributed by atoms with E-state index in [1.54, 1.807) is 39.5 Å². The second-order valence-electron chi connectivity index (χ2n) is 4.78. The van der Waals surface area contributed by atoms with Gasteiger partial charge in [0.1, 0.15) is 0 Å². The van der Waals surface area contributed by atoms with Gasteiger partial charge in [0.2, 0.25) is 11.7 Å². The van der Waals surface area contributed by atoms with Gasteiger partial charge in [-0.15, -0.1) is 11.3 Å². The minimum absolute atomic E-state index is 0.249. The molecule has 0 saturated heterocycles. The predicted molar refractivity (Wildman–Crippen MR) is 95.3 cm³/mol. The highest BCUT2D eigenvalue weighted by molar-refractivity contribution is 7.13. The van der Waals surface area contributed by atoms with Crippen LogP contribution < -0.4 is 19.5 Å². The smallest absolute Gasteiger partial charge is 0.250 e. The summed E-state index contributed by atoms with van der Waals surface area (Å²) in [5.41, 5.74) is 1.72. The number of nitrogens with one attached hydrogen (secondary N) is 1. The van der Waals surface area contributed by atoms with E-state index in [9.17, 15) is 4.79 Å². The van der Waals surface area contributed by atoms with E-state index >= 15 is 0 Å². The van der Waals surface area contributed by atoms with Gasteiger partial charge in [0.25, 0.3) is 0 Å². The number of carbonyl (C=O) groups excluding carboxylic acids is 1. The van der Waals surface area contributed by atoms with Crippen LogP contribution in [0.15, 0.2) is 23.6 Å². The maximum Gasteiger partial charge on any atom is 0.250 e. The zero-order valence-electron chi connectivity index (χ0n) is 14.1. The molecule has 0 atom stereocenters. The van der Waals surface area contributed by atoms with Crippen molar-refractivity contribution in [3.63, 3.8) is 0 Å². The standard InChI is InChI=1S/C17H20N2O4S/c1-5-12-10-24-17(18-12)19-15(20)7-6-11-8-13(21-2)16(23-4)14(9-11)22-3/h6-10H,5H2,1-4H3,(H,18,19,20). The normalized spacial score (nSPS) is 10.7. The molecule has 24 heavy (non-hydrogen) atoms. The lowest BCUT2D eigenvalue weighted by Crippen LogP contribution is -2.07. The van der Waals surface area contributed by atoms with Crippen LogP contribution in [0.2, 0.25) is 0 Å². The van der Waals surface area contributed by atoms with Crippen LogP contribution in [0, 0.1) is 0 Å². The Kier molecular flexibility index (Phi) is 6.20. The van der Waals surface area contributed by atoms with Gasteiger partial charge in [0.15, 0.2) is 16.6 Å². The minimum Gasteiger partial charge on any atom is -0.493 e. The number of carbonyl (C=O) groups is 1. The van der Waals surface area contributed by atoms with Crippen molar-refractivity contribution >= 4 is 28.5 Å². The van der Waals surface area contributed by atoms with Crippen LogP contribution in [-0.2, 0) is 11.2 Å². The van der Waals surface area contributed by atoms with Crippen molar-refractivity contribution in [2.75, 3.05) is 26.6 Å². The molecule has 0 radical (unpaired) electrons. The molecule has 1 amide bonds. The van der Waals surface area contributed by atoms with Gasteiger partial charge in [-0.05, 0) is 30.2 Å². The summed E-state index contributed by atoms with van der Waals surface area (Å²) in [6, 6.07) is 3.54. The molecule has 0 saturated carbocycles. The summed E-state index contributed by atoms with van der Waals surface area (Å²) >= 11 is 1.41. The number of ether oxygens (including phenoxy) is 3. The van der Waals surface area contributed by atoms with Crippen LogP contribution in [0.4, 0.5) is 5.13 Å². The van der Waals surface area contributed by atoms with E-state index in [1.165, 1.54) is 17.4 Å². The minimum atomic E-state index is -0.249. The first-order valence-corrected chi connectivity index (χ1v) is 8.22. The van der Waals surface area contributed by atoms with Crippen molar-refractivity contribution in [3.05, 3.63) is 34.8 Å². The molecular formula is C17H20N2O4S. The van der Waals surface area contributed by atoms with Crippen molar-refractivity contribution in [1.82, 2.24) is 4.98 Å². The van der Waals surface area contributed by atoms with Crippen molar-refractivity contribution in [3.8, 4) is 17.2 Å². The number of rotatable bonds is 7.